The lowest BCUT2D eigenvalue weighted by molar-refractivity contribution is -0.00407. The van der Waals surface area contributed by atoms with Crippen LogP contribution in [0.25, 0.3) is 0 Å². The Bertz CT molecular complexity index is 614. The molecule has 0 aromatic heterocycles. The Morgan fingerprint density at radius 3 is 2.35 bits per heavy atom. The van der Waals surface area contributed by atoms with Gasteiger partial charge in [0.2, 0.25) is 0 Å². The summed E-state index contributed by atoms with van der Waals surface area (Å²) in [5.74, 6) is 0. The highest BCUT2D eigenvalue weighted by Gasteiger charge is 2.36. The summed E-state index contributed by atoms with van der Waals surface area (Å²) in [4.78, 5) is 14.1. The van der Waals surface area contributed by atoms with Crippen molar-refractivity contribution in [1.29, 1.82) is 0 Å². The molecule has 26 heavy (non-hydrogen) atoms. The zero-order chi connectivity index (χ0) is 19.2. The van der Waals surface area contributed by atoms with E-state index < -0.39 is 5.60 Å². The molecule has 1 aliphatic rings. The van der Waals surface area contributed by atoms with E-state index in [0.29, 0.717) is 26.3 Å². The molecule has 0 bridgehead atoms. The molecule has 1 aromatic carbocycles. The molecule has 1 heterocycles. The maximum atomic E-state index is 12.3. The largest absolute Gasteiger partial charge is 0.444 e. The van der Waals surface area contributed by atoms with E-state index in [0.717, 1.165) is 21.8 Å². The zero-order valence-corrected chi connectivity index (χ0v) is 18.8. The normalized spacial score (nSPS) is 16.9. The van der Waals surface area contributed by atoms with Crippen LogP contribution >= 0.6 is 31.9 Å². The smallest absolute Gasteiger partial charge is 0.410 e. The number of hydrogen-bond donors (Lipinski definition) is 0. The zero-order valence-electron chi connectivity index (χ0n) is 15.6. The summed E-state index contributed by atoms with van der Waals surface area (Å²) < 4.78 is 12.4. The Balaban J connectivity index is 1.94. The van der Waals surface area contributed by atoms with Crippen molar-refractivity contribution in [1.82, 2.24) is 4.90 Å². The highest BCUT2D eigenvalue weighted by molar-refractivity contribution is 9.28. The van der Waals surface area contributed by atoms with Crippen LogP contribution in [0.1, 0.15) is 39.2 Å². The number of carbonyl (C=O) groups is 1. The third-order valence-corrected chi connectivity index (χ3v) is 4.79. The van der Waals surface area contributed by atoms with Gasteiger partial charge in [0.1, 0.15) is 5.60 Å². The fourth-order valence-electron chi connectivity index (χ4n) is 2.97. The lowest BCUT2D eigenvalue weighted by Crippen LogP contribution is -2.46. The molecule has 1 aromatic rings. The first-order valence-electron chi connectivity index (χ1n) is 8.83. The molecule has 0 spiro atoms. The van der Waals surface area contributed by atoms with Crippen LogP contribution in [-0.4, -0.2) is 36.3 Å². The minimum Gasteiger partial charge on any atom is -0.444 e. The van der Waals surface area contributed by atoms with Crippen LogP contribution in [-0.2, 0) is 16.1 Å². The standard InChI is InChI=1S/C20H27Br2NO3/c1-19(2,3)26-18(24)23-11-9-20(10-12-23,13-17(21)22)15-25-14-16-7-5-4-6-8-16/h4-8,13H,9-12,14-15H2,1-3H3. The minimum atomic E-state index is -0.469. The van der Waals surface area contributed by atoms with Gasteiger partial charge in [-0.2, -0.15) is 0 Å². The Morgan fingerprint density at radius 1 is 1.19 bits per heavy atom. The summed E-state index contributed by atoms with van der Waals surface area (Å²) in [5, 5.41) is 0. The summed E-state index contributed by atoms with van der Waals surface area (Å²) in [6, 6.07) is 10.2. The molecule has 0 unspecified atom stereocenters. The van der Waals surface area contributed by atoms with Gasteiger partial charge in [0, 0.05) is 18.5 Å². The Labute approximate surface area is 173 Å². The van der Waals surface area contributed by atoms with E-state index in [9.17, 15) is 4.79 Å². The first kappa shape index (κ1) is 21.5. The van der Waals surface area contributed by atoms with E-state index in [1.165, 1.54) is 0 Å². The number of hydrogen-bond acceptors (Lipinski definition) is 3. The van der Waals surface area contributed by atoms with Crippen molar-refractivity contribution in [2.24, 2.45) is 5.41 Å². The minimum absolute atomic E-state index is 0.102. The molecule has 2 rings (SSSR count). The Morgan fingerprint density at radius 2 is 1.81 bits per heavy atom. The van der Waals surface area contributed by atoms with Crippen molar-refractivity contribution in [3.63, 3.8) is 0 Å². The average Bonchev–Trinajstić information content (AvgIpc) is 2.54. The molecule has 0 radical (unpaired) electrons. The first-order chi connectivity index (χ1) is 12.2. The third kappa shape index (κ3) is 7.05. The van der Waals surface area contributed by atoms with Crippen molar-refractivity contribution < 1.29 is 14.3 Å². The van der Waals surface area contributed by atoms with E-state index in [2.05, 4.69) is 50.1 Å². The summed E-state index contributed by atoms with van der Waals surface area (Å²) in [7, 11) is 0. The van der Waals surface area contributed by atoms with Gasteiger partial charge in [0.05, 0.1) is 16.6 Å². The number of nitrogens with zero attached hydrogens (tertiary/aromatic N) is 1. The van der Waals surface area contributed by atoms with Gasteiger partial charge < -0.3 is 14.4 Å². The summed E-state index contributed by atoms with van der Waals surface area (Å²) in [5.41, 5.74) is 0.592. The van der Waals surface area contributed by atoms with Crippen LogP contribution in [0.5, 0.6) is 0 Å². The van der Waals surface area contributed by atoms with E-state index in [-0.39, 0.29) is 11.5 Å². The van der Waals surface area contributed by atoms with Crippen LogP contribution in [0.15, 0.2) is 39.8 Å². The topological polar surface area (TPSA) is 38.8 Å². The van der Waals surface area contributed by atoms with Crippen molar-refractivity contribution in [2.75, 3.05) is 19.7 Å². The fourth-order valence-corrected chi connectivity index (χ4v) is 3.94. The van der Waals surface area contributed by atoms with E-state index in [1.54, 1.807) is 4.90 Å². The molecule has 1 saturated heterocycles. The quantitative estimate of drug-likeness (QED) is 0.521. The van der Waals surface area contributed by atoms with Crippen molar-refractivity contribution >= 4 is 38.0 Å². The Kier molecular flexibility index (Phi) is 7.74. The number of halogens is 2. The maximum absolute atomic E-state index is 12.3. The summed E-state index contributed by atoms with van der Waals surface area (Å²) in [6.45, 7) is 8.20. The maximum Gasteiger partial charge on any atom is 0.410 e. The van der Waals surface area contributed by atoms with Gasteiger partial charge in [-0.1, -0.05) is 36.4 Å². The molecule has 6 heteroatoms. The molecule has 0 saturated carbocycles. The molecule has 1 aliphatic heterocycles. The fraction of sp³-hybridized carbons (Fsp3) is 0.550. The highest BCUT2D eigenvalue weighted by atomic mass is 79.9. The van der Waals surface area contributed by atoms with Crippen LogP contribution in [0.2, 0.25) is 0 Å². The molecule has 0 N–H and O–H groups in total. The first-order valence-corrected chi connectivity index (χ1v) is 10.4. The summed E-state index contributed by atoms with van der Waals surface area (Å²) in [6.07, 6.45) is 3.59. The van der Waals surface area contributed by atoms with Gasteiger partial charge >= 0.3 is 6.09 Å². The number of rotatable bonds is 5. The van der Waals surface area contributed by atoms with E-state index in [1.807, 2.05) is 39.0 Å². The predicted octanol–water partition coefficient (Wildman–Crippen LogP) is 5.85. The second-order valence-electron chi connectivity index (χ2n) is 7.74. The second kappa shape index (κ2) is 9.38. The molecular formula is C20H27Br2NO3. The molecule has 1 amide bonds. The van der Waals surface area contributed by atoms with Gasteiger partial charge in [0.15, 0.2) is 0 Å². The van der Waals surface area contributed by atoms with Crippen LogP contribution in [0.3, 0.4) is 0 Å². The number of benzene rings is 1. The molecular weight excluding hydrogens is 462 g/mol. The van der Waals surface area contributed by atoms with Crippen molar-refractivity contribution in [3.8, 4) is 0 Å². The lowest BCUT2D eigenvalue weighted by atomic mass is 9.79. The van der Waals surface area contributed by atoms with Crippen LogP contribution < -0.4 is 0 Å². The predicted molar refractivity (Wildman–Crippen MR) is 112 cm³/mol. The van der Waals surface area contributed by atoms with Gasteiger partial charge in [-0.05, 0) is 71.0 Å². The molecule has 0 atom stereocenters. The van der Waals surface area contributed by atoms with Gasteiger partial charge in [-0.25, -0.2) is 4.79 Å². The van der Waals surface area contributed by atoms with Crippen molar-refractivity contribution in [3.05, 3.63) is 45.4 Å². The lowest BCUT2D eigenvalue weighted by Gasteiger charge is -2.40. The van der Waals surface area contributed by atoms with E-state index >= 15 is 0 Å². The average molecular weight is 489 g/mol. The number of carbonyl (C=O) groups excluding carboxylic acids is 1. The Hall–Kier alpha value is -0.850. The number of piperidine rings is 1. The van der Waals surface area contributed by atoms with Crippen LogP contribution in [0.4, 0.5) is 4.79 Å². The molecule has 4 nitrogen and oxygen atoms in total. The highest BCUT2D eigenvalue weighted by Crippen LogP contribution is 2.37. The van der Waals surface area contributed by atoms with Crippen molar-refractivity contribution in [2.45, 2.75) is 45.8 Å². The molecule has 0 aliphatic carbocycles. The monoisotopic (exact) mass is 487 g/mol. The number of likely N-dealkylation sites (tertiary alicyclic amines) is 1. The van der Waals surface area contributed by atoms with Crippen LogP contribution in [0, 0.1) is 5.41 Å². The third-order valence-electron chi connectivity index (χ3n) is 4.33. The molecule has 144 valence electrons. The van der Waals surface area contributed by atoms with Gasteiger partial charge in [-0.15, -0.1) is 0 Å². The molecule has 1 fully saturated rings. The number of ether oxygens (including phenoxy) is 2. The SMILES string of the molecule is CC(C)(C)OC(=O)N1CCC(C=C(Br)Br)(COCc2ccccc2)CC1. The van der Waals surface area contributed by atoms with Gasteiger partial charge in [-0.3, -0.25) is 0 Å². The second-order valence-corrected chi connectivity index (χ2v) is 10.5. The van der Waals surface area contributed by atoms with Gasteiger partial charge in [0.25, 0.3) is 0 Å². The summed E-state index contributed by atoms with van der Waals surface area (Å²) >= 11 is 6.97. The number of amides is 1. The van der Waals surface area contributed by atoms with E-state index in [4.69, 9.17) is 9.47 Å².